The molecule has 0 fully saturated rings. The van der Waals surface area contributed by atoms with Crippen molar-refractivity contribution in [3.05, 3.63) is 281 Å². The van der Waals surface area contributed by atoms with Crippen LogP contribution in [-0.2, 0) is 0 Å². The third-order valence-corrected chi connectivity index (χ3v) is 14.6. The molecular weight excluding hydrogens is 993 g/mol. The van der Waals surface area contributed by atoms with E-state index in [9.17, 15) is 0 Å². The lowest BCUT2D eigenvalue weighted by Gasteiger charge is -2.13. The molecule has 0 bridgehead atoms. The predicted octanol–water partition coefficient (Wildman–Crippen LogP) is 22.8. The first-order valence-corrected chi connectivity index (χ1v) is 29.4. The summed E-state index contributed by atoms with van der Waals surface area (Å²) in [5.74, 6) is 1.90. The molecule has 9 aromatic carbocycles. The summed E-state index contributed by atoms with van der Waals surface area (Å²) in [5, 5.41) is 0. The van der Waals surface area contributed by atoms with Crippen LogP contribution in [0.15, 0.2) is 164 Å². The summed E-state index contributed by atoms with van der Waals surface area (Å²) in [7, 11) is 1.69. The number of hydrogen-bond acceptors (Lipinski definition) is 2. The Morgan fingerprint density at radius 3 is 0.915 bits per heavy atom. The van der Waals surface area contributed by atoms with Gasteiger partial charge in [-0.05, 0) is 242 Å². The molecular formula is C80H102O2. The Hall–Kier alpha value is -7.42. The van der Waals surface area contributed by atoms with E-state index in [0.29, 0.717) is 0 Å². The maximum atomic E-state index is 5.70. The maximum Gasteiger partial charge on any atom is 0.122 e. The fourth-order valence-corrected chi connectivity index (χ4v) is 9.73. The van der Waals surface area contributed by atoms with Crippen molar-refractivity contribution in [2.24, 2.45) is 0 Å². The van der Waals surface area contributed by atoms with Crippen LogP contribution in [-0.4, -0.2) is 13.7 Å². The van der Waals surface area contributed by atoms with Gasteiger partial charge in [0.2, 0.25) is 0 Å². The van der Waals surface area contributed by atoms with E-state index in [1.165, 1.54) is 128 Å². The van der Waals surface area contributed by atoms with E-state index in [-0.39, 0.29) is 0 Å². The zero-order valence-electron chi connectivity index (χ0n) is 55.0. The molecule has 0 N–H and O–H groups in total. The molecule has 0 heterocycles. The molecule has 0 radical (unpaired) electrons. The highest BCUT2D eigenvalue weighted by Crippen LogP contribution is 2.32. The second-order valence-electron chi connectivity index (χ2n) is 23.0. The van der Waals surface area contributed by atoms with E-state index >= 15 is 0 Å². The predicted molar refractivity (Wildman–Crippen MR) is 362 cm³/mol. The number of benzene rings is 9. The van der Waals surface area contributed by atoms with Crippen molar-refractivity contribution in [1.82, 2.24) is 0 Å². The molecule has 2 nitrogen and oxygen atoms in total. The lowest BCUT2D eigenvalue weighted by atomic mass is 9.91. The zero-order valence-corrected chi connectivity index (χ0v) is 55.0. The van der Waals surface area contributed by atoms with Crippen LogP contribution < -0.4 is 9.47 Å². The van der Waals surface area contributed by atoms with Crippen LogP contribution in [0.4, 0.5) is 0 Å². The molecule has 2 heteroatoms. The molecule has 0 atom stereocenters. The normalized spacial score (nSPS) is 10.0. The van der Waals surface area contributed by atoms with Gasteiger partial charge in [0, 0.05) is 0 Å². The molecule has 0 aliphatic heterocycles. The summed E-state index contributed by atoms with van der Waals surface area (Å²) < 4.78 is 11.0. The van der Waals surface area contributed by atoms with Gasteiger partial charge in [-0.3, -0.25) is 0 Å². The second kappa shape index (κ2) is 34.8. The number of aryl methyl sites for hydroxylation is 19. The first kappa shape index (κ1) is 68.9. The Bertz CT molecular complexity index is 3100. The van der Waals surface area contributed by atoms with Crippen LogP contribution in [0.1, 0.15) is 137 Å². The van der Waals surface area contributed by atoms with E-state index < -0.39 is 0 Å². The molecule has 0 aromatic heterocycles. The van der Waals surface area contributed by atoms with Crippen molar-refractivity contribution in [3.63, 3.8) is 0 Å². The maximum absolute atomic E-state index is 5.70. The smallest absolute Gasteiger partial charge is 0.122 e. The van der Waals surface area contributed by atoms with Crippen LogP contribution in [0, 0.1) is 145 Å². The molecule has 0 aliphatic rings. The molecule has 0 saturated heterocycles. The van der Waals surface area contributed by atoms with Crippen molar-refractivity contribution in [2.75, 3.05) is 13.7 Å². The lowest BCUT2D eigenvalue weighted by molar-refractivity contribution is 0.306. The molecule has 82 heavy (non-hydrogen) atoms. The SMILES string of the molecule is CCCCOc1cc(C)c(OC)cc1C.Cc1cc(C)c(C)c(C)c1.Cc1cc(C)cc(C)c1.Cc1cc(C)cc(C)c1.Cc1ccc(-c2cc(C)c(-c3ccc(C)cc3)cc2C)cc1.Cc1cccc(C)c1.Cc1cccc(C)c1C. The third-order valence-electron chi connectivity index (χ3n) is 14.6. The first-order valence-electron chi connectivity index (χ1n) is 29.4. The number of unbranched alkanes of at least 4 members (excludes halogenated alkanes) is 1. The van der Waals surface area contributed by atoms with Crippen molar-refractivity contribution in [1.29, 1.82) is 0 Å². The van der Waals surface area contributed by atoms with Gasteiger partial charge in [0.1, 0.15) is 11.5 Å². The Morgan fingerprint density at radius 2 is 0.585 bits per heavy atom. The largest absolute Gasteiger partial charge is 0.496 e. The van der Waals surface area contributed by atoms with Crippen LogP contribution in [0.2, 0.25) is 0 Å². The second-order valence-corrected chi connectivity index (χ2v) is 23.0. The summed E-state index contributed by atoms with van der Waals surface area (Å²) in [6.45, 7) is 47.7. The quantitative estimate of drug-likeness (QED) is 0.148. The number of methoxy groups -OCH3 is 1. The van der Waals surface area contributed by atoms with Crippen LogP contribution in [0.5, 0.6) is 11.5 Å². The fourth-order valence-electron chi connectivity index (χ4n) is 9.73. The van der Waals surface area contributed by atoms with Gasteiger partial charge in [0.05, 0.1) is 13.7 Å². The zero-order chi connectivity index (χ0) is 61.2. The fraction of sp³-hybridized carbons (Fsp3) is 0.325. The summed E-state index contributed by atoms with van der Waals surface area (Å²) >= 11 is 0. The average Bonchev–Trinajstić information content (AvgIpc) is 3.52. The molecule has 434 valence electrons. The van der Waals surface area contributed by atoms with Crippen LogP contribution >= 0.6 is 0 Å². The van der Waals surface area contributed by atoms with Crippen molar-refractivity contribution < 1.29 is 9.47 Å². The highest BCUT2D eigenvalue weighted by atomic mass is 16.5. The third kappa shape index (κ3) is 24.4. The van der Waals surface area contributed by atoms with E-state index in [1.54, 1.807) is 7.11 Å². The van der Waals surface area contributed by atoms with Crippen LogP contribution in [0.25, 0.3) is 22.3 Å². The van der Waals surface area contributed by atoms with Crippen molar-refractivity contribution in [3.8, 4) is 33.8 Å². The molecule has 9 rings (SSSR count). The molecule has 0 aliphatic carbocycles. The van der Waals surface area contributed by atoms with Gasteiger partial charge in [-0.1, -0.05) is 226 Å². The van der Waals surface area contributed by atoms with E-state index in [0.717, 1.165) is 42.1 Å². The van der Waals surface area contributed by atoms with Gasteiger partial charge in [-0.25, -0.2) is 0 Å². The molecule has 0 unspecified atom stereocenters. The van der Waals surface area contributed by atoms with Crippen molar-refractivity contribution >= 4 is 0 Å². The lowest BCUT2D eigenvalue weighted by Crippen LogP contribution is -1.99. The molecule has 0 spiro atoms. The first-order chi connectivity index (χ1) is 38.7. The van der Waals surface area contributed by atoms with Gasteiger partial charge in [-0.2, -0.15) is 0 Å². The molecule has 0 amide bonds. The van der Waals surface area contributed by atoms with E-state index in [4.69, 9.17) is 9.47 Å². The summed E-state index contributed by atoms with van der Waals surface area (Å²) in [5.41, 5.74) is 33.3. The monoisotopic (exact) mass is 1090 g/mol. The summed E-state index contributed by atoms with van der Waals surface area (Å²) in [6.07, 6.45) is 2.26. The Kier molecular flexibility index (Phi) is 29.2. The number of ether oxygens (including phenoxy) is 2. The minimum absolute atomic E-state index is 0.795. The Balaban J connectivity index is 0.000000261. The highest BCUT2D eigenvalue weighted by Gasteiger charge is 2.09. The van der Waals surface area contributed by atoms with E-state index in [1.807, 2.05) is 26.0 Å². The van der Waals surface area contributed by atoms with Gasteiger partial charge >= 0.3 is 0 Å². The summed E-state index contributed by atoms with van der Waals surface area (Å²) in [6, 6.07) is 58.7. The minimum atomic E-state index is 0.795. The van der Waals surface area contributed by atoms with Gasteiger partial charge in [0.25, 0.3) is 0 Å². The molecule has 0 saturated carbocycles. The number of rotatable bonds is 7. The van der Waals surface area contributed by atoms with Gasteiger partial charge in [0.15, 0.2) is 0 Å². The highest BCUT2D eigenvalue weighted by molar-refractivity contribution is 5.76. The van der Waals surface area contributed by atoms with Gasteiger partial charge < -0.3 is 9.47 Å². The van der Waals surface area contributed by atoms with Crippen LogP contribution in [0.3, 0.4) is 0 Å². The molecule has 9 aromatic rings. The topological polar surface area (TPSA) is 18.5 Å². The van der Waals surface area contributed by atoms with E-state index in [2.05, 4.69) is 290 Å². The summed E-state index contributed by atoms with van der Waals surface area (Å²) in [4.78, 5) is 0. The van der Waals surface area contributed by atoms with Gasteiger partial charge in [-0.15, -0.1) is 0 Å². The standard InChI is InChI=1S/C22H22.C13H20O2.C10H14.3C9H12.C8H10/c1-15-5-9-19(10-6-15)21-13-18(4)22(14-17(21)3)20-11-7-16(2)8-12-20;1-5-6-7-15-13-9-10(2)12(14-4)8-11(13)3;1-7-5-8(2)10(4)9(3)6-7;2*1-7-4-8(2)6-9(3)5-7;1-7-5-4-6-8(2)9(7)3;1-7-4-3-5-8(2)6-7/h5-14H,1-4H3;8-9H,5-7H2,1-4H3;5-6H,1-4H3;3*4-6H,1-3H3;3-6H,1-2H3. The average molecular weight is 1100 g/mol. The minimum Gasteiger partial charge on any atom is -0.496 e. The van der Waals surface area contributed by atoms with Crippen molar-refractivity contribution in [2.45, 2.75) is 165 Å². The number of hydrogen-bond donors (Lipinski definition) is 0. The Labute approximate surface area is 500 Å². The Morgan fingerprint density at radius 1 is 0.268 bits per heavy atom.